The molecule has 0 saturated carbocycles. The number of Topliss-reactive ketones (excluding diaryl/α,β-unsaturated/α-hetero) is 1. The second-order valence-electron chi connectivity index (χ2n) is 9.64. The summed E-state index contributed by atoms with van der Waals surface area (Å²) in [4.78, 5) is 17.5. The molecular formula is C28H29N3O4S. The number of nitrogens with zero attached hydrogens (tertiary/aromatic N) is 2. The van der Waals surface area contributed by atoms with Crippen LogP contribution in [0.3, 0.4) is 0 Å². The fraction of sp³-hybridized carbons (Fsp3) is 0.286. The van der Waals surface area contributed by atoms with Crippen molar-refractivity contribution >= 4 is 32.6 Å². The topological polar surface area (TPSA) is 92.5 Å². The Morgan fingerprint density at radius 2 is 1.72 bits per heavy atom. The van der Waals surface area contributed by atoms with Crippen molar-refractivity contribution in [3.05, 3.63) is 78.4 Å². The largest absolute Gasteiger partial charge is 0.436 e. The van der Waals surface area contributed by atoms with Crippen molar-refractivity contribution in [2.24, 2.45) is 11.8 Å². The van der Waals surface area contributed by atoms with Gasteiger partial charge in [0.1, 0.15) is 5.52 Å². The van der Waals surface area contributed by atoms with E-state index in [0.717, 1.165) is 28.8 Å². The predicted molar refractivity (Wildman–Crippen MR) is 140 cm³/mol. The first-order valence-electron chi connectivity index (χ1n) is 12.1. The first-order chi connectivity index (χ1) is 17.3. The molecule has 8 heteroatoms. The maximum Gasteiger partial charge on any atom is 0.243 e. The van der Waals surface area contributed by atoms with E-state index in [-0.39, 0.29) is 17.2 Å². The van der Waals surface area contributed by atoms with Crippen LogP contribution in [0.15, 0.2) is 82.1 Å². The Bertz CT molecular complexity index is 1450. The molecule has 186 valence electrons. The van der Waals surface area contributed by atoms with Crippen LogP contribution in [-0.2, 0) is 10.0 Å². The molecule has 0 bridgehead atoms. The number of nitrogens with one attached hydrogen (secondary N) is 1. The van der Waals surface area contributed by atoms with E-state index in [2.05, 4.69) is 24.1 Å². The summed E-state index contributed by atoms with van der Waals surface area (Å²) in [6, 6.07) is 21.4. The van der Waals surface area contributed by atoms with Gasteiger partial charge in [-0.1, -0.05) is 38.1 Å². The van der Waals surface area contributed by atoms with Crippen LogP contribution in [-0.4, -0.2) is 43.1 Å². The highest BCUT2D eigenvalue weighted by molar-refractivity contribution is 7.89. The third-order valence-electron chi connectivity index (χ3n) is 6.51. The molecule has 1 aliphatic heterocycles. The number of aromatic nitrogens is 1. The van der Waals surface area contributed by atoms with E-state index in [0.29, 0.717) is 36.4 Å². The third-order valence-corrected chi connectivity index (χ3v) is 8.34. The highest BCUT2D eigenvalue weighted by atomic mass is 32.2. The summed E-state index contributed by atoms with van der Waals surface area (Å²) in [5.74, 6) is 0.975. The zero-order chi connectivity index (χ0) is 25.3. The molecule has 2 heterocycles. The van der Waals surface area contributed by atoms with Gasteiger partial charge in [0.05, 0.1) is 11.4 Å². The molecule has 2 atom stereocenters. The molecule has 0 aliphatic carbocycles. The molecule has 5 rings (SSSR count). The van der Waals surface area contributed by atoms with Gasteiger partial charge >= 0.3 is 0 Å². The minimum atomic E-state index is -3.65. The molecule has 7 nitrogen and oxygen atoms in total. The fourth-order valence-corrected chi connectivity index (χ4v) is 6.52. The lowest BCUT2D eigenvalue weighted by molar-refractivity contribution is 0.101. The van der Waals surface area contributed by atoms with Crippen LogP contribution in [0.25, 0.3) is 22.6 Å². The van der Waals surface area contributed by atoms with Crippen molar-refractivity contribution in [3.8, 4) is 11.5 Å². The lowest BCUT2D eigenvalue weighted by Gasteiger charge is -2.34. The van der Waals surface area contributed by atoms with Crippen LogP contribution < -0.4 is 5.32 Å². The molecule has 0 spiro atoms. The number of para-hydroxylation sites is 2. The van der Waals surface area contributed by atoms with Gasteiger partial charge in [-0.05, 0) is 66.8 Å². The quantitative estimate of drug-likeness (QED) is 0.337. The van der Waals surface area contributed by atoms with Gasteiger partial charge in [-0.25, -0.2) is 13.4 Å². The van der Waals surface area contributed by atoms with Crippen molar-refractivity contribution in [2.45, 2.75) is 25.2 Å². The Balaban J connectivity index is 1.25. The van der Waals surface area contributed by atoms with Gasteiger partial charge in [0.25, 0.3) is 0 Å². The molecule has 4 aromatic rings. The summed E-state index contributed by atoms with van der Waals surface area (Å²) in [7, 11) is -3.65. The zero-order valence-corrected chi connectivity index (χ0v) is 21.2. The molecule has 2 unspecified atom stereocenters. The van der Waals surface area contributed by atoms with Crippen LogP contribution in [0.2, 0.25) is 0 Å². The van der Waals surface area contributed by atoms with Gasteiger partial charge in [0, 0.05) is 29.9 Å². The van der Waals surface area contributed by atoms with Crippen LogP contribution in [0.4, 0.5) is 5.69 Å². The molecule has 36 heavy (non-hydrogen) atoms. The van der Waals surface area contributed by atoms with Crippen molar-refractivity contribution < 1.29 is 17.6 Å². The van der Waals surface area contributed by atoms with Gasteiger partial charge in [0.15, 0.2) is 11.4 Å². The molecule has 0 amide bonds. The maximum absolute atomic E-state index is 13.2. The normalized spacial score (nSPS) is 18.8. The molecule has 1 fully saturated rings. The average molecular weight is 504 g/mol. The first-order valence-corrected chi connectivity index (χ1v) is 13.6. The van der Waals surface area contributed by atoms with E-state index in [9.17, 15) is 13.2 Å². The van der Waals surface area contributed by atoms with Crippen molar-refractivity contribution in [3.63, 3.8) is 0 Å². The van der Waals surface area contributed by atoms with Gasteiger partial charge < -0.3 is 9.73 Å². The molecule has 1 saturated heterocycles. The first kappa shape index (κ1) is 24.2. The summed E-state index contributed by atoms with van der Waals surface area (Å²) in [6.07, 6.45) is 1.02. The lowest BCUT2D eigenvalue weighted by Crippen LogP contribution is -2.42. The number of anilines is 1. The second kappa shape index (κ2) is 9.87. The van der Waals surface area contributed by atoms with Crippen LogP contribution in [0.1, 0.15) is 30.6 Å². The van der Waals surface area contributed by atoms with Crippen LogP contribution in [0.5, 0.6) is 0 Å². The van der Waals surface area contributed by atoms with Crippen molar-refractivity contribution in [2.75, 3.05) is 25.0 Å². The number of fused-ring (bicyclic) bond motifs is 1. The number of sulfonamides is 1. The Morgan fingerprint density at radius 1 is 1.00 bits per heavy atom. The molecule has 1 N–H and O–H groups in total. The number of oxazole rings is 1. The number of hydrogen-bond donors (Lipinski definition) is 1. The second-order valence-corrected chi connectivity index (χ2v) is 11.6. The summed E-state index contributed by atoms with van der Waals surface area (Å²) in [6.45, 7) is 5.20. The van der Waals surface area contributed by atoms with Gasteiger partial charge in [0.2, 0.25) is 15.9 Å². The van der Waals surface area contributed by atoms with E-state index in [1.165, 1.54) is 6.07 Å². The SMILES string of the molecule is CC1CC(C)CN(S(=O)(=O)c2cccc(C(=O)CNc3ccc(-c4nc5ccccc5o4)cc3)c2)C1. The summed E-state index contributed by atoms with van der Waals surface area (Å²) in [5, 5.41) is 3.12. The monoisotopic (exact) mass is 503 g/mol. The van der Waals surface area contributed by atoms with Gasteiger partial charge in [-0.2, -0.15) is 4.31 Å². The highest BCUT2D eigenvalue weighted by Gasteiger charge is 2.32. The van der Waals surface area contributed by atoms with E-state index >= 15 is 0 Å². The molecule has 3 aromatic carbocycles. The summed E-state index contributed by atoms with van der Waals surface area (Å²) < 4.78 is 33.8. The van der Waals surface area contributed by atoms with Gasteiger partial charge in [-0.15, -0.1) is 0 Å². The van der Waals surface area contributed by atoms with Crippen molar-refractivity contribution in [1.82, 2.24) is 9.29 Å². The number of carbonyl (C=O) groups is 1. The lowest BCUT2D eigenvalue weighted by atomic mass is 9.94. The molecule has 1 aliphatic rings. The van der Waals surface area contributed by atoms with Crippen LogP contribution in [0, 0.1) is 11.8 Å². The van der Waals surface area contributed by atoms with E-state index in [4.69, 9.17) is 4.42 Å². The summed E-state index contributed by atoms with van der Waals surface area (Å²) >= 11 is 0. The number of benzene rings is 3. The van der Waals surface area contributed by atoms with Crippen molar-refractivity contribution in [1.29, 1.82) is 0 Å². The van der Waals surface area contributed by atoms with Crippen LogP contribution >= 0.6 is 0 Å². The van der Waals surface area contributed by atoms with E-state index < -0.39 is 10.0 Å². The average Bonchev–Trinajstić information content (AvgIpc) is 3.31. The fourth-order valence-electron chi connectivity index (χ4n) is 4.79. The smallest absolute Gasteiger partial charge is 0.243 e. The minimum Gasteiger partial charge on any atom is -0.436 e. The maximum atomic E-state index is 13.2. The predicted octanol–water partition coefficient (Wildman–Crippen LogP) is 5.46. The Morgan fingerprint density at radius 3 is 2.44 bits per heavy atom. The van der Waals surface area contributed by atoms with Gasteiger partial charge in [-0.3, -0.25) is 4.79 Å². The summed E-state index contributed by atoms with van der Waals surface area (Å²) in [5.41, 5.74) is 3.50. The molecule has 0 radical (unpaired) electrons. The standard InChI is InChI=1S/C28H29N3O4S/c1-19-14-20(2)18-31(17-19)36(33,34)24-7-5-6-22(15-24)26(32)16-29-23-12-10-21(11-13-23)28-30-25-8-3-4-9-27(25)35-28/h3-13,15,19-20,29H,14,16-18H2,1-2H3. The zero-order valence-electron chi connectivity index (χ0n) is 20.3. The number of carbonyl (C=O) groups excluding carboxylic acids is 1. The number of rotatable bonds is 7. The Kier molecular flexibility index (Phi) is 6.64. The Labute approximate surface area is 211 Å². The third kappa shape index (κ3) is 5.05. The van der Waals surface area contributed by atoms with E-state index in [1.807, 2.05) is 48.5 Å². The highest BCUT2D eigenvalue weighted by Crippen LogP contribution is 2.28. The molecule has 1 aromatic heterocycles. The Hall–Kier alpha value is -3.49. The number of hydrogen-bond acceptors (Lipinski definition) is 6. The number of piperidine rings is 1. The number of ketones is 1. The minimum absolute atomic E-state index is 0.0452. The molecular weight excluding hydrogens is 474 g/mol. The van der Waals surface area contributed by atoms with E-state index in [1.54, 1.807) is 22.5 Å².